The van der Waals surface area contributed by atoms with Gasteiger partial charge in [-0.25, -0.2) is 6.32 Å². The summed E-state index contributed by atoms with van der Waals surface area (Å²) < 4.78 is 0. The van der Waals surface area contributed by atoms with Gasteiger partial charge >= 0.3 is 21.1 Å². The van der Waals surface area contributed by atoms with Crippen molar-refractivity contribution in [1.29, 1.82) is 0 Å². The van der Waals surface area contributed by atoms with E-state index in [0.29, 0.717) is 11.9 Å². The molecule has 2 aliphatic rings. The number of hydrogen-bond donors (Lipinski definition) is 0. The van der Waals surface area contributed by atoms with Crippen molar-refractivity contribution < 1.29 is 21.1 Å². The predicted octanol–water partition coefficient (Wildman–Crippen LogP) is 5.17. The molecule has 0 aromatic carbocycles. The molecule has 132 valence electrons. The minimum atomic E-state index is 0. The van der Waals surface area contributed by atoms with Crippen LogP contribution in [-0.2, 0) is 21.1 Å². The standard InChI is InChI=1S/C20H38BN.W/c1-9-21-11-20-10-13(2)15(4)16(5)17(6)18(7)19(8)22(20)12-14(21)3;/h13-20H,1,3,9-12H2,2,4-8H3;/q-2;+2. The van der Waals surface area contributed by atoms with Gasteiger partial charge in [0.1, 0.15) is 0 Å². The Hall–Kier alpha value is 0.713. The van der Waals surface area contributed by atoms with E-state index in [1.807, 2.05) is 0 Å². The molecule has 0 spiro atoms. The molecule has 2 saturated heterocycles. The molecule has 23 heavy (non-hydrogen) atoms. The molecular weight excluding hydrogens is 449 g/mol. The summed E-state index contributed by atoms with van der Waals surface area (Å²) in [4.78, 5) is 2.83. The molecule has 8 atom stereocenters. The Balaban J connectivity index is 0.00000264. The predicted molar refractivity (Wildman–Crippen MR) is 100 cm³/mol. The van der Waals surface area contributed by atoms with E-state index < -0.39 is 0 Å². The first-order valence-corrected chi connectivity index (χ1v) is 9.65. The molecule has 2 heterocycles. The fraction of sp³-hybridized carbons (Fsp3) is 0.900. The zero-order valence-electron chi connectivity index (χ0n) is 16.3. The maximum absolute atomic E-state index is 4.46. The summed E-state index contributed by atoms with van der Waals surface area (Å²) >= 11 is 0. The van der Waals surface area contributed by atoms with Crippen LogP contribution in [0.5, 0.6) is 0 Å². The van der Waals surface area contributed by atoms with Crippen LogP contribution in [0.2, 0.25) is 18.5 Å². The molecule has 0 bridgehead atoms. The third kappa shape index (κ3) is 4.47. The van der Waals surface area contributed by atoms with E-state index in [1.165, 1.54) is 19.3 Å². The van der Waals surface area contributed by atoms with Crippen molar-refractivity contribution in [1.82, 2.24) is 4.90 Å². The van der Waals surface area contributed by atoms with Crippen LogP contribution in [0.3, 0.4) is 0 Å². The molecule has 0 amide bonds. The van der Waals surface area contributed by atoms with E-state index in [4.69, 9.17) is 0 Å². The molecule has 1 nitrogen and oxygen atoms in total. The maximum Gasteiger partial charge on any atom is 2.00 e. The van der Waals surface area contributed by atoms with Gasteiger partial charge in [-0.1, -0.05) is 40.9 Å². The first-order chi connectivity index (χ1) is 10.3. The Labute approximate surface area is 161 Å². The largest absolute Gasteiger partial charge is 2.00 e. The topological polar surface area (TPSA) is 3.24 Å². The van der Waals surface area contributed by atoms with Crippen LogP contribution in [0.25, 0.3) is 0 Å². The number of rotatable bonds is 1. The first kappa shape index (κ1) is 21.8. The van der Waals surface area contributed by atoms with Crippen LogP contribution in [0.15, 0.2) is 0 Å². The van der Waals surface area contributed by atoms with E-state index >= 15 is 0 Å². The zero-order valence-corrected chi connectivity index (χ0v) is 19.2. The Morgan fingerprint density at radius 3 is 2.09 bits per heavy atom. The van der Waals surface area contributed by atoms with Crippen molar-refractivity contribution in [3.8, 4) is 0 Å². The van der Waals surface area contributed by atoms with Crippen LogP contribution in [0.4, 0.5) is 0 Å². The molecule has 2 aliphatic heterocycles. The normalized spacial score (nSPS) is 46.2. The van der Waals surface area contributed by atoms with Gasteiger partial charge in [-0.15, -0.1) is 0 Å². The molecule has 3 heteroatoms. The monoisotopic (exact) mass is 487 g/mol. The molecule has 8 unspecified atom stereocenters. The van der Waals surface area contributed by atoms with E-state index in [1.54, 1.807) is 0 Å². The first-order valence-electron chi connectivity index (χ1n) is 9.65. The van der Waals surface area contributed by atoms with Gasteiger partial charge < -0.3 is 18.7 Å². The molecule has 0 aliphatic carbocycles. The second-order valence-corrected chi connectivity index (χ2v) is 8.79. The van der Waals surface area contributed by atoms with Gasteiger partial charge in [0.05, 0.1) is 6.71 Å². The maximum atomic E-state index is 4.46. The Morgan fingerprint density at radius 2 is 1.52 bits per heavy atom. The van der Waals surface area contributed by atoms with E-state index in [-0.39, 0.29) is 21.1 Å². The van der Waals surface area contributed by atoms with Gasteiger partial charge in [0.2, 0.25) is 0 Å². The Bertz CT molecular complexity index is 364. The average molecular weight is 487 g/mol. The van der Waals surface area contributed by atoms with Crippen LogP contribution >= 0.6 is 0 Å². The molecule has 2 rings (SSSR count). The summed E-state index contributed by atoms with van der Waals surface area (Å²) in [7, 11) is 0. The second-order valence-electron chi connectivity index (χ2n) is 8.79. The fourth-order valence-electron chi connectivity index (χ4n) is 5.19. The van der Waals surface area contributed by atoms with Crippen LogP contribution in [-0.4, -0.2) is 30.2 Å². The van der Waals surface area contributed by atoms with E-state index in [9.17, 15) is 0 Å². The summed E-state index contributed by atoms with van der Waals surface area (Å²) in [6.07, 6.45) is 3.73. The number of fused-ring (bicyclic) bond motifs is 1. The summed E-state index contributed by atoms with van der Waals surface area (Å²) in [5.41, 5.74) is 0. The molecule has 0 N–H and O–H groups in total. The van der Waals surface area contributed by atoms with Gasteiger partial charge in [-0.05, 0) is 49.5 Å². The zero-order chi connectivity index (χ0) is 16.6. The third-order valence-corrected chi connectivity index (χ3v) is 7.84. The smallest absolute Gasteiger partial charge is 0.350 e. The fourth-order valence-corrected chi connectivity index (χ4v) is 5.19. The third-order valence-electron chi connectivity index (χ3n) is 7.84. The van der Waals surface area contributed by atoms with Crippen LogP contribution in [0.1, 0.15) is 48.0 Å². The van der Waals surface area contributed by atoms with Gasteiger partial charge in [0.25, 0.3) is 0 Å². The second kappa shape index (κ2) is 8.89. The van der Waals surface area contributed by atoms with Gasteiger partial charge in [-0.2, -0.15) is 5.82 Å². The van der Waals surface area contributed by atoms with Crippen molar-refractivity contribution in [3.63, 3.8) is 0 Å². The summed E-state index contributed by atoms with van der Waals surface area (Å²) in [6, 6.07) is 1.42. The molecule has 0 aromatic rings. The van der Waals surface area contributed by atoms with Gasteiger partial charge in [-0.3, -0.25) is 0 Å². The summed E-state index contributed by atoms with van der Waals surface area (Å²) in [5.74, 6) is 4.56. The minimum Gasteiger partial charge on any atom is -0.350 e. The number of hydrogen-bond acceptors (Lipinski definition) is 1. The molecule has 0 aromatic heterocycles. The van der Waals surface area contributed by atoms with E-state index in [2.05, 4.69) is 60.3 Å². The van der Waals surface area contributed by atoms with Crippen molar-refractivity contribution in [3.05, 3.63) is 13.8 Å². The van der Waals surface area contributed by atoms with Crippen molar-refractivity contribution in [2.24, 2.45) is 29.6 Å². The quantitative estimate of drug-likeness (QED) is 0.365. The summed E-state index contributed by atoms with van der Waals surface area (Å²) in [6.45, 7) is 25.5. The molecule has 0 radical (unpaired) electrons. The van der Waals surface area contributed by atoms with Crippen LogP contribution < -0.4 is 0 Å². The summed E-state index contributed by atoms with van der Waals surface area (Å²) in [5, 5.41) is 0. The average Bonchev–Trinajstić information content (AvgIpc) is 2.53. The van der Waals surface area contributed by atoms with Gasteiger partial charge in [0.15, 0.2) is 0 Å². The molecule has 0 saturated carbocycles. The van der Waals surface area contributed by atoms with Crippen LogP contribution in [0, 0.1) is 43.4 Å². The van der Waals surface area contributed by atoms with Gasteiger partial charge in [0, 0.05) is 12.1 Å². The van der Waals surface area contributed by atoms with Crippen molar-refractivity contribution >= 4 is 6.71 Å². The Kier molecular flexibility index (Phi) is 8.41. The number of nitrogens with zero attached hydrogens (tertiary/aromatic N) is 1. The van der Waals surface area contributed by atoms with Crippen molar-refractivity contribution in [2.45, 2.75) is 78.5 Å². The molecular formula is C20H38BNW. The van der Waals surface area contributed by atoms with Crippen molar-refractivity contribution in [2.75, 3.05) is 6.54 Å². The molecule has 2 fully saturated rings. The Morgan fingerprint density at radius 1 is 0.957 bits per heavy atom. The minimum absolute atomic E-state index is 0. The SMILES string of the molecule is [CH2-]CB1CC2CC(C)C(C)C(C)C(C)C(C)C(C)N2CC1[CH2-].[W+2]. The van der Waals surface area contributed by atoms with E-state index in [0.717, 1.165) is 48.7 Å².